The van der Waals surface area contributed by atoms with Crippen LogP contribution in [0.15, 0.2) is 30.3 Å². The fourth-order valence-electron chi connectivity index (χ4n) is 2.32. The molecule has 1 aliphatic rings. The highest BCUT2D eigenvalue weighted by Gasteiger charge is 2.27. The number of hydrogen-bond donors (Lipinski definition) is 2. The van der Waals surface area contributed by atoms with E-state index in [1.165, 1.54) is 0 Å². The Labute approximate surface area is 119 Å². The molecule has 0 radical (unpaired) electrons. The van der Waals surface area contributed by atoms with Crippen LogP contribution in [0.4, 0.5) is 4.79 Å². The zero-order valence-corrected chi connectivity index (χ0v) is 11.9. The summed E-state index contributed by atoms with van der Waals surface area (Å²) in [6.07, 6.45) is 0.796. The highest BCUT2D eigenvalue weighted by molar-refractivity contribution is 5.94. The molecule has 5 nitrogen and oxygen atoms in total. The lowest BCUT2D eigenvalue weighted by molar-refractivity contribution is 0.0789. The molecule has 0 spiro atoms. The van der Waals surface area contributed by atoms with Crippen molar-refractivity contribution in [1.29, 1.82) is 0 Å². The lowest BCUT2D eigenvalue weighted by Crippen LogP contribution is -2.45. The average Bonchev–Trinajstić information content (AvgIpc) is 2.86. The van der Waals surface area contributed by atoms with Crippen molar-refractivity contribution >= 4 is 11.9 Å². The minimum Gasteiger partial charge on any atom is -0.337 e. The third-order valence-corrected chi connectivity index (χ3v) is 3.25. The first-order chi connectivity index (χ1) is 9.56. The van der Waals surface area contributed by atoms with Crippen molar-refractivity contribution < 1.29 is 9.59 Å². The van der Waals surface area contributed by atoms with Gasteiger partial charge in [0, 0.05) is 30.7 Å². The molecule has 3 amide bonds. The Morgan fingerprint density at radius 2 is 1.95 bits per heavy atom. The summed E-state index contributed by atoms with van der Waals surface area (Å²) >= 11 is 0. The first kappa shape index (κ1) is 14.4. The molecule has 2 rings (SSSR count). The van der Waals surface area contributed by atoms with Crippen molar-refractivity contribution in [3.05, 3.63) is 35.9 Å². The normalized spacial score (nSPS) is 18.1. The lowest BCUT2D eigenvalue weighted by atomic mass is 10.2. The van der Waals surface area contributed by atoms with E-state index in [0.29, 0.717) is 18.7 Å². The van der Waals surface area contributed by atoms with E-state index in [9.17, 15) is 9.59 Å². The van der Waals surface area contributed by atoms with Gasteiger partial charge in [-0.1, -0.05) is 18.2 Å². The third-order valence-electron chi connectivity index (χ3n) is 3.25. The molecule has 1 aliphatic heterocycles. The number of amides is 3. The summed E-state index contributed by atoms with van der Waals surface area (Å²) in [4.78, 5) is 25.7. The lowest BCUT2D eigenvalue weighted by Gasteiger charge is -2.18. The number of carbonyl (C=O) groups is 2. The van der Waals surface area contributed by atoms with E-state index >= 15 is 0 Å². The number of urea groups is 1. The topological polar surface area (TPSA) is 61.4 Å². The maximum atomic E-state index is 12.3. The van der Waals surface area contributed by atoms with Gasteiger partial charge in [-0.3, -0.25) is 4.79 Å². The Kier molecular flexibility index (Phi) is 4.61. The minimum absolute atomic E-state index is 0.0270. The molecule has 1 aromatic rings. The molecule has 108 valence electrons. The van der Waals surface area contributed by atoms with E-state index in [-0.39, 0.29) is 24.0 Å². The van der Waals surface area contributed by atoms with Crippen LogP contribution in [0.5, 0.6) is 0 Å². The molecule has 0 saturated carbocycles. The second-order valence-corrected chi connectivity index (χ2v) is 5.38. The summed E-state index contributed by atoms with van der Waals surface area (Å²) in [7, 11) is 0. The van der Waals surface area contributed by atoms with E-state index in [4.69, 9.17) is 0 Å². The molecular weight excluding hydrogens is 254 g/mol. The number of nitrogens with zero attached hydrogens (tertiary/aromatic N) is 1. The van der Waals surface area contributed by atoms with Crippen LogP contribution >= 0.6 is 0 Å². The van der Waals surface area contributed by atoms with Crippen LogP contribution in [0.2, 0.25) is 0 Å². The van der Waals surface area contributed by atoms with Crippen LogP contribution in [-0.2, 0) is 0 Å². The van der Waals surface area contributed by atoms with Gasteiger partial charge in [-0.25, -0.2) is 4.79 Å². The summed E-state index contributed by atoms with van der Waals surface area (Å²) in [5, 5.41) is 5.69. The second kappa shape index (κ2) is 6.41. The van der Waals surface area contributed by atoms with Gasteiger partial charge >= 0.3 is 6.03 Å². The molecule has 1 atom stereocenters. The molecule has 20 heavy (non-hydrogen) atoms. The van der Waals surface area contributed by atoms with Crippen LogP contribution < -0.4 is 10.6 Å². The highest BCUT2D eigenvalue weighted by atomic mass is 16.2. The van der Waals surface area contributed by atoms with E-state index < -0.39 is 0 Å². The van der Waals surface area contributed by atoms with E-state index in [0.717, 1.165) is 6.42 Å². The maximum Gasteiger partial charge on any atom is 0.315 e. The number of carbonyl (C=O) groups excluding carboxylic acids is 2. The molecule has 1 saturated heterocycles. The predicted octanol–water partition coefficient (Wildman–Crippen LogP) is 1.61. The molecule has 0 bridgehead atoms. The van der Waals surface area contributed by atoms with Crippen molar-refractivity contribution in [3.8, 4) is 0 Å². The molecule has 1 fully saturated rings. The SMILES string of the molecule is CC(C)NC(=O)N[C@H]1CCN(C(=O)c2ccccc2)C1. The van der Waals surface area contributed by atoms with Gasteiger partial charge in [-0.2, -0.15) is 0 Å². The fourth-order valence-corrected chi connectivity index (χ4v) is 2.32. The van der Waals surface area contributed by atoms with Crippen molar-refractivity contribution in [2.24, 2.45) is 0 Å². The number of benzene rings is 1. The Balaban J connectivity index is 1.86. The van der Waals surface area contributed by atoms with E-state index in [2.05, 4.69) is 10.6 Å². The zero-order chi connectivity index (χ0) is 14.5. The van der Waals surface area contributed by atoms with Gasteiger partial charge in [0.1, 0.15) is 0 Å². The fraction of sp³-hybridized carbons (Fsp3) is 0.467. The molecule has 1 aromatic carbocycles. The number of hydrogen-bond acceptors (Lipinski definition) is 2. The Hall–Kier alpha value is -2.04. The van der Waals surface area contributed by atoms with Crippen molar-refractivity contribution in [2.45, 2.75) is 32.4 Å². The molecule has 5 heteroatoms. The molecular formula is C15H21N3O2. The quantitative estimate of drug-likeness (QED) is 0.880. The van der Waals surface area contributed by atoms with Crippen LogP contribution in [0.1, 0.15) is 30.6 Å². The predicted molar refractivity (Wildman–Crippen MR) is 77.6 cm³/mol. The summed E-state index contributed by atoms with van der Waals surface area (Å²) in [5.74, 6) is 0.0270. The number of likely N-dealkylation sites (tertiary alicyclic amines) is 1. The van der Waals surface area contributed by atoms with Crippen LogP contribution in [-0.4, -0.2) is 42.0 Å². The van der Waals surface area contributed by atoms with Crippen molar-refractivity contribution in [3.63, 3.8) is 0 Å². The van der Waals surface area contributed by atoms with Gasteiger partial charge < -0.3 is 15.5 Å². The van der Waals surface area contributed by atoms with Crippen molar-refractivity contribution in [2.75, 3.05) is 13.1 Å². The first-order valence-corrected chi connectivity index (χ1v) is 6.97. The molecule has 0 unspecified atom stereocenters. The molecule has 1 heterocycles. The second-order valence-electron chi connectivity index (χ2n) is 5.38. The van der Waals surface area contributed by atoms with Gasteiger partial charge in [0.2, 0.25) is 0 Å². The van der Waals surface area contributed by atoms with Crippen LogP contribution in [0, 0.1) is 0 Å². The van der Waals surface area contributed by atoms with E-state index in [1.807, 2.05) is 44.2 Å². The van der Waals surface area contributed by atoms with Gasteiger partial charge in [0.25, 0.3) is 5.91 Å². The average molecular weight is 275 g/mol. The largest absolute Gasteiger partial charge is 0.337 e. The summed E-state index contributed by atoms with van der Waals surface area (Å²) in [5.41, 5.74) is 0.694. The number of nitrogens with one attached hydrogen (secondary N) is 2. The van der Waals surface area contributed by atoms with Gasteiger partial charge in [-0.05, 0) is 32.4 Å². The maximum absolute atomic E-state index is 12.3. The Bertz CT molecular complexity index is 473. The van der Waals surface area contributed by atoms with Crippen LogP contribution in [0.3, 0.4) is 0 Å². The monoisotopic (exact) mass is 275 g/mol. The van der Waals surface area contributed by atoms with Crippen LogP contribution in [0.25, 0.3) is 0 Å². The van der Waals surface area contributed by atoms with Gasteiger partial charge in [0.15, 0.2) is 0 Å². The van der Waals surface area contributed by atoms with Gasteiger partial charge in [0.05, 0.1) is 0 Å². The Morgan fingerprint density at radius 1 is 1.25 bits per heavy atom. The Morgan fingerprint density at radius 3 is 2.60 bits per heavy atom. The number of rotatable bonds is 3. The third kappa shape index (κ3) is 3.73. The molecule has 0 aliphatic carbocycles. The first-order valence-electron chi connectivity index (χ1n) is 6.97. The smallest absolute Gasteiger partial charge is 0.315 e. The molecule has 0 aromatic heterocycles. The summed E-state index contributed by atoms with van der Waals surface area (Å²) in [6.45, 7) is 5.08. The van der Waals surface area contributed by atoms with Crippen molar-refractivity contribution in [1.82, 2.24) is 15.5 Å². The summed E-state index contributed by atoms with van der Waals surface area (Å²) in [6, 6.07) is 9.20. The standard InChI is InChI=1S/C15H21N3O2/c1-11(2)16-15(20)17-13-8-9-18(10-13)14(19)12-6-4-3-5-7-12/h3-7,11,13H,8-10H2,1-2H3,(H2,16,17,20)/t13-/m0/s1. The highest BCUT2D eigenvalue weighted by Crippen LogP contribution is 2.13. The van der Waals surface area contributed by atoms with Gasteiger partial charge in [-0.15, -0.1) is 0 Å². The molecule has 2 N–H and O–H groups in total. The van der Waals surface area contributed by atoms with E-state index in [1.54, 1.807) is 4.90 Å². The minimum atomic E-state index is -0.168. The zero-order valence-electron chi connectivity index (χ0n) is 11.9. The summed E-state index contributed by atoms with van der Waals surface area (Å²) < 4.78 is 0.